The third-order valence-electron chi connectivity index (χ3n) is 6.55. The van der Waals surface area contributed by atoms with E-state index in [2.05, 4.69) is 24.4 Å². The average molecular weight is 487 g/mol. The first kappa shape index (κ1) is 25.1. The van der Waals surface area contributed by atoms with E-state index in [-0.39, 0.29) is 23.6 Å². The number of rotatable bonds is 10. The minimum absolute atomic E-state index is 0.0260. The molecular weight excluding hydrogens is 452 g/mol. The first-order valence-electron chi connectivity index (χ1n) is 12.5. The predicted molar refractivity (Wildman–Crippen MR) is 143 cm³/mol. The van der Waals surface area contributed by atoms with Gasteiger partial charge in [0.25, 0.3) is 0 Å². The highest BCUT2D eigenvalue weighted by Crippen LogP contribution is 2.23. The van der Waals surface area contributed by atoms with Crippen molar-refractivity contribution in [1.29, 1.82) is 0 Å². The first-order chi connectivity index (χ1) is 17.1. The monoisotopic (exact) mass is 486 g/mol. The maximum atomic E-state index is 13.7. The summed E-state index contributed by atoms with van der Waals surface area (Å²) < 4.78 is 0. The van der Waals surface area contributed by atoms with Gasteiger partial charge in [-0.15, -0.1) is 11.8 Å². The van der Waals surface area contributed by atoms with Crippen molar-refractivity contribution in [2.45, 2.75) is 62.6 Å². The van der Waals surface area contributed by atoms with Gasteiger partial charge in [0, 0.05) is 23.9 Å². The number of amides is 2. The van der Waals surface area contributed by atoms with Crippen molar-refractivity contribution in [3.63, 3.8) is 0 Å². The Morgan fingerprint density at radius 3 is 2.11 bits per heavy atom. The van der Waals surface area contributed by atoms with Gasteiger partial charge in [0.05, 0.1) is 5.75 Å². The van der Waals surface area contributed by atoms with Crippen LogP contribution in [0.5, 0.6) is 0 Å². The Hall–Kier alpha value is -3.05. The van der Waals surface area contributed by atoms with Gasteiger partial charge in [-0.1, -0.05) is 91.2 Å². The fourth-order valence-electron chi connectivity index (χ4n) is 4.56. The van der Waals surface area contributed by atoms with Gasteiger partial charge >= 0.3 is 0 Å². The van der Waals surface area contributed by atoms with Gasteiger partial charge in [0.2, 0.25) is 11.8 Å². The van der Waals surface area contributed by atoms with Crippen LogP contribution in [-0.4, -0.2) is 34.6 Å². The molecule has 3 aromatic rings. The Labute approximate surface area is 213 Å². The molecule has 0 saturated heterocycles. The second-order valence-corrected chi connectivity index (χ2v) is 10.4. The fraction of sp³-hybridized carbons (Fsp3) is 0.333. The number of nitrogens with one attached hydrogen (secondary N) is 1. The lowest BCUT2D eigenvalue weighted by Crippen LogP contribution is -2.52. The van der Waals surface area contributed by atoms with E-state index < -0.39 is 6.04 Å². The summed E-state index contributed by atoms with van der Waals surface area (Å²) in [4.78, 5) is 30.2. The minimum Gasteiger partial charge on any atom is -0.352 e. The summed E-state index contributed by atoms with van der Waals surface area (Å²) in [6, 6.07) is 27.8. The molecule has 1 N–H and O–H groups in total. The molecule has 1 saturated carbocycles. The molecule has 35 heavy (non-hydrogen) atoms. The van der Waals surface area contributed by atoms with E-state index in [1.165, 1.54) is 17.3 Å². The standard InChI is InChI=1S/C30H34N2O2S/c1-23-16-18-27(19-17-23)35-22-29(33)32(21-25-12-6-3-7-13-25)28(20-24-10-4-2-5-11-24)30(34)31-26-14-8-9-15-26/h2-7,10-13,16-19,26,28H,8-9,14-15,20-22H2,1H3,(H,31,34)/t28-/m1/s1. The van der Waals surface area contributed by atoms with E-state index in [0.29, 0.717) is 13.0 Å². The normalized spacial score (nSPS) is 14.4. The summed E-state index contributed by atoms with van der Waals surface area (Å²) in [5.74, 6) is 0.213. The zero-order valence-electron chi connectivity index (χ0n) is 20.4. The van der Waals surface area contributed by atoms with Crippen LogP contribution in [-0.2, 0) is 22.6 Å². The lowest BCUT2D eigenvalue weighted by molar-refractivity contribution is -0.139. The van der Waals surface area contributed by atoms with Gasteiger partial charge < -0.3 is 10.2 Å². The zero-order chi connectivity index (χ0) is 24.5. The second kappa shape index (κ2) is 12.6. The largest absolute Gasteiger partial charge is 0.352 e. The molecule has 0 heterocycles. The summed E-state index contributed by atoms with van der Waals surface area (Å²) in [7, 11) is 0. The molecule has 0 spiro atoms. The predicted octanol–water partition coefficient (Wildman–Crippen LogP) is 5.79. The smallest absolute Gasteiger partial charge is 0.243 e. The van der Waals surface area contributed by atoms with Crippen molar-refractivity contribution in [3.8, 4) is 0 Å². The summed E-state index contributed by atoms with van der Waals surface area (Å²) in [5, 5.41) is 3.26. The first-order valence-corrected chi connectivity index (χ1v) is 13.4. The molecule has 1 atom stereocenters. The summed E-state index contributed by atoms with van der Waals surface area (Å²) in [6.07, 6.45) is 4.81. The Kier molecular flexibility index (Phi) is 9.02. The van der Waals surface area contributed by atoms with Crippen molar-refractivity contribution in [3.05, 3.63) is 102 Å². The molecule has 5 heteroatoms. The highest BCUT2D eigenvalue weighted by Gasteiger charge is 2.32. The maximum Gasteiger partial charge on any atom is 0.243 e. The third kappa shape index (κ3) is 7.46. The number of carbonyl (C=O) groups is 2. The van der Waals surface area contributed by atoms with Crippen LogP contribution in [0.3, 0.4) is 0 Å². The van der Waals surface area contributed by atoms with Gasteiger partial charge in [-0.3, -0.25) is 9.59 Å². The number of nitrogens with zero attached hydrogens (tertiary/aromatic N) is 1. The van der Waals surface area contributed by atoms with Crippen LogP contribution in [0.25, 0.3) is 0 Å². The van der Waals surface area contributed by atoms with Gasteiger partial charge in [0.1, 0.15) is 6.04 Å². The Bertz CT molecular complexity index is 1080. The zero-order valence-corrected chi connectivity index (χ0v) is 21.2. The molecule has 4 rings (SSSR count). The van der Waals surface area contributed by atoms with Crippen LogP contribution in [0, 0.1) is 6.92 Å². The number of benzene rings is 3. The molecule has 3 aromatic carbocycles. The third-order valence-corrected chi connectivity index (χ3v) is 7.55. The lowest BCUT2D eigenvalue weighted by atomic mass is 10.0. The van der Waals surface area contributed by atoms with E-state index in [9.17, 15) is 9.59 Å². The molecule has 182 valence electrons. The molecule has 0 bridgehead atoms. The van der Waals surface area contributed by atoms with E-state index in [1.54, 1.807) is 4.90 Å². The molecule has 0 aliphatic heterocycles. The molecular formula is C30H34N2O2S. The van der Waals surface area contributed by atoms with Crippen molar-refractivity contribution in [2.24, 2.45) is 0 Å². The number of aryl methyl sites for hydroxylation is 1. The number of hydrogen-bond donors (Lipinski definition) is 1. The number of carbonyl (C=O) groups excluding carboxylic acids is 2. The molecule has 1 fully saturated rings. The van der Waals surface area contributed by atoms with Crippen LogP contribution in [0.15, 0.2) is 89.8 Å². The van der Waals surface area contributed by atoms with E-state index >= 15 is 0 Å². The van der Waals surface area contributed by atoms with Crippen LogP contribution < -0.4 is 5.32 Å². The molecule has 2 amide bonds. The molecule has 0 radical (unpaired) electrons. The number of thioether (sulfide) groups is 1. The van der Waals surface area contributed by atoms with Crippen LogP contribution in [0.2, 0.25) is 0 Å². The molecule has 0 unspecified atom stereocenters. The average Bonchev–Trinajstić information content (AvgIpc) is 3.40. The quantitative estimate of drug-likeness (QED) is 0.369. The highest BCUT2D eigenvalue weighted by atomic mass is 32.2. The molecule has 4 nitrogen and oxygen atoms in total. The van der Waals surface area contributed by atoms with Gasteiger partial charge in [-0.2, -0.15) is 0 Å². The highest BCUT2D eigenvalue weighted by molar-refractivity contribution is 8.00. The van der Waals surface area contributed by atoms with Crippen molar-refractivity contribution < 1.29 is 9.59 Å². The van der Waals surface area contributed by atoms with Crippen molar-refractivity contribution in [1.82, 2.24) is 10.2 Å². The number of hydrogen-bond acceptors (Lipinski definition) is 3. The topological polar surface area (TPSA) is 49.4 Å². The minimum atomic E-state index is -0.565. The lowest BCUT2D eigenvalue weighted by Gasteiger charge is -2.32. The Balaban J connectivity index is 1.58. The summed E-state index contributed by atoms with van der Waals surface area (Å²) >= 11 is 1.52. The SMILES string of the molecule is Cc1ccc(SCC(=O)N(Cc2ccccc2)[C@H](Cc2ccccc2)C(=O)NC2CCCC2)cc1. The maximum absolute atomic E-state index is 13.7. The van der Waals surface area contributed by atoms with Crippen LogP contribution in [0.1, 0.15) is 42.4 Å². The fourth-order valence-corrected chi connectivity index (χ4v) is 5.35. The summed E-state index contributed by atoms with van der Waals surface area (Å²) in [5.41, 5.74) is 3.27. The molecule has 0 aromatic heterocycles. The van der Waals surface area contributed by atoms with E-state index in [1.807, 2.05) is 72.8 Å². The van der Waals surface area contributed by atoms with Gasteiger partial charge in [-0.05, 0) is 43.0 Å². The Morgan fingerprint density at radius 2 is 1.49 bits per heavy atom. The molecule has 1 aliphatic carbocycles. The van der Waals surface area contributed by atoms with Crippen LogP contribution >= 0.6 is 11.8 Å². The van der Waals surface area contributed by atoms with E-state index in [4.69, 9.17) is 0 Å². The second-order valence-electron chi connectivity index (χ2n) is 9.30. The van der Waals surface area contributed by atoms with Gasteiger partial charge in [0.15, 0.2) is 0 Å². The molecule has 1 aliphatic rings. The van der Waals surface area contributed by atoms with Crippen molar-refractivity contribution >= 4 is 23.6 Å². The summed E-state index contributed by atoms with van der Waals surface area (Å²) in [6.45, 7) is 2.46. The van der Waals surface area contributed by atoms with Gasteiger partial charge in [-0.25, -0.2) is 0 Å². The van der Waals surface area contributed by atoms with Crippen molar-refractivity contribution in [2.75, 3.05) is 5.75 Å². The Morgan fingerprint density at radius 1 is 0.886 bits per heavy atom. The van der Waals surface area contributed by atoms with E-state index in [0.717, 1.165) is 41.7 Å². The van der Waals surface area contributed by atoms with Crippen LogP contribution in [0.4, 0.5) is 0 Å².